The third-order valence-corrected chi connectivity index (χ3v) is 5.59. The molecule has 2 aliphatic carbocycles. The Bertz CT molecular complexity index is 264. The minimum absolute atomic E-state index is 0.287. The van der Waals surface area contributed by atoms with Gasteiger partial charge in [0.15, 0.2) is 0 Å². The first-order valence-corrected chi connectivity index (χ1v) is 9.27. The smallest absolute Gasteiger partial charge is 0.00966 e. The second kappa shape index (κ2) is 7.29. The summed E-state index contributed by atoms with van der Waals surface area (Å²) in [5, 5.41) is 3.74. The molecule has 0 heterocycles. The molecule has 118 valence electrons. The lowest BCUT2D eigenvalue weighted by Gasteiger charge is -2.23. The van der Waals surface area contributed by atoms with E-state index < -0.39 is 0 Å². The molecule has 0 aromatic carbocycles. The molecule has 2 saturated carbocycles. The average Bonchev–Trinajstić information content (AvgIpc) is 3.05. The van der Waals surface area contributed by atoms with Crippen molar-refractivity contribution in [3.63, 3.8) is 0 Å². The molecule has 1 nitrogen and oxygen atoms in total. The zero-order valence-electron chi connectivity index (χ0n) is 14.3. The Labute approximate surface area is 127 Å². The third-order valence-electron chi connectivity index (χ3n) is 5.59. The van der Waals surface area contributed by atoms with Crippen LogP contribution in [0.4, 0.5) is 0 Å². The van der Waals surface area contributed by atoms with E-state index in [-0.39, 0.29) is 5.54 Å². The summed E-state index contributed by atoms with van der Waals surface area (Å²) in [6.45, 7) is 8.14. The monoisotopic (exact) mass is 279 g/mol. The van der Waals surface area contributed by atoms with E-state index in [1.807, 2.05) is 0 Å². The van der Waals surface area contributed by atoms with Crippen LogP contribution in [0.25, 0.3) is 0 Å². The molecule has 2 aliphatic rings. The van der Waals surface area contributed by atoms with Gasteiger partial charge < -0.3 is 5.32 Å². The molecule has 20 heavy (non-hydrogen) atoms. The van der Waals surface area contributed by atoms with Gasteiger partial charge in [-0.15, -0.1) is 0 Å². The number of rotatable bonds is 2. The van der Waals surface area contributed by atoms with Crippen LogP contribution in [0.3, 0.4) is 0 Å². The van der Waals surface area contributed by atoms with Gasteiger partial charge in [-0.25, -0.2) is 0 Å². The topological polar surface area (TPSA) is 12.0 Å². The molecule has 0 saturated heterocycles. The van der Waals surface area contributed by atoms with E-state index in [4.69, 9.17) is 0 Å². The van der Waals surface area contributed by atoms with Gasteiger partial charge in [-0.1, -0.05) is 57.8 Å². The maximum atomic E-state index is 3.74. The van der Waals surface area contributed by atoms with E-state index in [0.717, 1.165) is 11.3 Å². The van der Waals surface area contributed by atoms with E-state index in [2.05, 4.69) is 26.1 Å². The number of hydrogen-bond donors (Lipinski definition) is 1. The van der Waals surface area contributed by atoms with Crippen molar-refractivity contribution < 1.29 is 0 Å². The Morgan fingerprint density at radius 2 is 1.25 bits per heavy atom. The van der Waals surface area contributed by atoms with Gasteiger partial charge in [0.2, 0.25) is 0 Å². The highest BCUT2D eigenvalue weighted by Gasteiger charge is 2.51. The molecule has 1 unspecified atom stereocenters. The summed E-state index contributed by atoms with van der Waals surface area (Å²) in [5.41, 5.74) is 1.03. The maximum Gasteiger partial charge on any atom is 0.00966 e. The van der Waals surface area contributed by atoms with E-state index in [1.54, 1.807) is 0 Å². The van der Waals surface area contributed by atoms with Crippen LogP contribution >= 0.6 is 0 Å². The summed E-state index contributed by atoms with van der Waals surface area (Å²) in [5.74, 6) is 0.977. The van der Waals surface area contributed by atoms with Crippen LogP contribution in [-0.2, 0) is 0 Å². The maximum absolute atomic E-state index is 3.74. The molecule has 0 aromatic rings. The van der Waals surface area contributed by atoms with Crippen LogP contribution in [0.5, 0.6) is 0 Å². The van der Waals surface area contributed by atoms with E-state index >= 15 is 0 Å². The molecular weight excluding hydrogens is 242 g/mol. The first kappa shape index (κ1) is 16.3. The van der Waals surface area contributed by atoms with Crippen molar-refractivity contribution in [1.82, 2.24) is 5.32 Å². The van der Waals surface area contributed by atoms with Gasteiger partial charge in [-0.3, -0.25) is 0 Å². The van der Waals surface area contributed by atoms with Crippen molar-refractivity contribution >= 4 is 0 Å². The molecule has 2 rings (SSSR count). The van der Waals surface area contributed by atoms with Gasteiger partial charge in [0.1, 0.15) is 0 Å². The Balaban J connectivity index is 1.78. The van der Waals surface area contributed by atoms with E-state index in [1.165, 1.54) is 83.6 Å². The molecule has 2 fully saturated rings. The van der Waals surface area contributed by atoms with Crippen molar-refractivity contribution in [1.29, 1.82) is 0 Å². The standard InChI is InChI=1S/C19H37N/c1-18(2,3)20-16-17-15-19(17)13-11-9-7-5-4-6-8-10-12-14-19/h17,20H,4-16H2,1-3H3. The van der Waals surface area contributed by atoms with Crippen LogP contribution in [0.1, 0.15) is 97.8 Å². The second-order valence-electron chi connectivity index (χ2n) is 8.58. The quantitative estimate of drug-likeness (QED) is 0.685. The Kier molecular flexibility index (Phi) is 5.95. The lowest BCUT2D eigenvalue weighted by Crippen LogP contribution is -2.37. The normalized spacial score (nSPS) is 28.6. The molecule has 0 aromatic heterocycles. The molecule has 1 N–H and O–H groups in total. The number of hydrogen-bond acceptors (Lipinski definition) is 1. The molecular formula is C19H37N. The average molecular weight is 280 g/mol. The first-order valence-electron chi connectivity index (χ1n) is 9.27. The fourth-order valence-electron chi connectivity index (χ4n) is 4.08. The highest BCUT2D eigenvalue weighted by Crippen LogP contribution is 2.59. The summed E-state index contributed by atoms with van der Waals surface area (Å²) < 4.78 is 0. The van der Waals surface area contributed by atoms with Crippen LogP contribution in [0, 0.1) is 11.3 Å². The molecule has 0 aliphatic heterocycles. The van der Waals surface area contributed by atoms with Gasteiger partial charge >= 0.3 is 0 Å². The third kappa shape index (κ3) is 5.39. The largest absolute Gasteiger partial charge is 0.312 e. The predicted octanol–water partition coefficient (Wildman–Crippen LogP) is 5.69. The second-order valence-corrected chi connectivity index (χ2v) is 8.58. The highest BCUT2D eigenvalue weighted by molar-refractivity contribution is 5.03. The van der Waals surface area contributed by atoms with Gasteiger partial charge in [0.25, 0.3) is 0 Å². The van der Waals surface area contributed by atoms with Crippen molar-refractivity contribution in [3.8, 4) is 0 Å². The Hall–Kier alpha value is -0.0400. The summed E-state index contributed by atoms with van der Waals surface area (Å²) >= 11 is 0. The Morgan fingerprint density at radius 1 is 0.800 bits per heavy atom. The van der Waals surface area contributed by atoms with Gasteiger partial charge in [0, 0.05) is 5.54 Å². The minimum Gasteiger partial charge on any atom is -0.312 e. The van der Waals surface area contributed by atoms with Crippen molar-refractivity contribution in [2.24, 2.45) is 11.3 Å². The molecule has 1 heteroatoms. The number of nitrogens with one attached hydrogen (secondary N) is 1. The van der Waals surface area contributed by atoms with Crippen molar-refractivity contribution in [2.45, 2.75) is 103 Å². The predicted molar refractivity (Wildman–Crippen MR) is 89.1 cm³/mol. The zero-order chi connectivity index (χ0) is 14.5. The minimum atomic E-state index is 0.287. The Morgan fingerprint density at radius 3 is 1.70 bits per heavy atom. The lowest BCUT2D eigenvalue weighted by atomic mass is 9.88. The summed E-state index contributed by atoms with van der Waals surface area (Å²) in [6, 6.07) is 0. The molecule has 1 spiro atoms. The fourth-order valence-corrected chi connectivity index (χ4v) is 4.08. The summed E-state index contributed by atoms with van der Waals surface area (Å²) in [6.07, 6.45) is 17.9. The summed E-state index contributed by atoms with van der Waals surface area (Å²) in [4.78, 5) is 0. The van der Waals surface area contributed by atoms with Crippen LogP contribution in [-0.4, -0.2) is 12.1 Å². The highest BCUT2D eigenvalue weighted by atomic mass is 15.0. The van der Waals surface area contributed by atoms with Crippen LogP contribution in [0.2, 0.25) is 0 Å². The van der Waals surface area contributed by atoms with Gasteiger partial charge in [-0.2, -0.15) is 0 Å². The van der Waals surface area contributed by atoms with Crippen LogP contribution < -0.4 is 5.32 Å². The van der Waals surface area contributed by atoms with E-state index in [0.29, 0.717) is 0 Å². The van der Waals surface area contributed by atoms with Gasteiger partial charge in [-0.05, 0) is 57.9 Å². The molecule has 0 amide bonds. The SMILES string of the molecule is CC(C)(C)NCC1CC12CCCCCCCCCCC2. The summed E-state index contributed by atoms with van der Waals surface area (Å²) in [7, 11) is 0. The van der Waals surface area contributed by atoms with Crippen molar-refractivity contribution in [3.05, 3.63) is 0 Å². The first-order chi connectivity index (χ1) is 9.52. The fraction of sp³-hybridized carbons (Fsp3) is 1.00. The molecule has 0 radical (unpaired) electrons. The van der Waals surface area contributed by atoms with E-state index in [9.17, 15) is 0 Å². The molecule has 0 bridgehead atoms. The lowest BCUT2D eigenvalue weighted by molar-refractivity contribution is 0.323. The molecule has 1 atom stereocenters. The zero-order valence-corrected chi connectivity index (χ0v) is 14.3. The van der Waals surface area contributed by atoms with Gasteiger partial charge in [0.05, 0.1) is 0 Å². The van der Waals surface area contributed by atoms with Crippen molar-refractivity contribution in [2.75, 3.05) is 6.54 Å². The van der Waals surface area contributed by atoms with Crippen LogP contribution in [0.15, 0.2) is 0 Å².